The van der Waals surface area contributed by atoms with Crippen molar-refractivity contribution in [1.82, 2.24) is 4.90 Å². The Hall–Kier alpha value is -1.16. The van der Waals surface area contributed by atoms with Crippen molar-refractivity contribution in [3.63, 3.8) is 0 Å². The topological polar surface area (TPSA) is 43.7 Å². The SMILES string of the molecule is OC1CCCN(CCC(O)(c2ccccc2)C2CC3C=CC2C3)C1. The second-order valence-corrected chi connectivity index (χ2v) is 8.02. The number of nitrogens with zero attached hydrogens (tertiary/aromatic N) is 1. The minimum atomic E-state index is -0.756. The lowest BCUT2D eigenvalue weighted by Crippen LogP contribution is -2.44. The van der Waals surface area contributed by atoms with E-state index in [1.165, 1.54) is 6.42 Å². The number of aliphatic hydroxyl groups is 2. The Morgan fingerprint density at radius 2 is 1.96 bits per heavy atom. The number of benzene rings is 1. The number of hydrogen-bond acceptors (Lipinski definition) is 3. The summed E-state index contributed by atoms with van der Waals surface area (Å²) in [5.41, 5.74) is 0.307. The molecule has 1 heterocycles. The molecule has 2 bridgehead atoms. The minimum Gasteiger partial charge on any atom is -0.392 e. The van der Waals surface area contributed by atoms with Crippen LogP contribution in [0.15, 0.2) is 42.5 Å². The molecule has 24 heavy (non-hydrogen) atoms. The highest BCUT2D eigenvalue weighted by Crippen LogP contribution is 2.52. The number of aliphatic hydroxyl groups excluding tert-OH is 1. The van der Waals surface area contributed by atoms with E-state index in [0.29, 0.717) is 17.8 Å². The second kappa shape index (κ2) is 6.62. The smallest absolute Gasteiger partial charge is 0.0942 e. The lowest BCUT2D eigenvalue weighted by molar-refractivity contribution is -0.0529. The van der Waals surface area contributed by atoms with Gasteiger partial charge in [-0.1, -0.05) is 42.5 Å². The summed E-state index contributed by atoms with van der Waals surface area (Å²) < 4.78 is 0. The molecule has 3 nitrogen and oxygen atoms in total. The quantitative estimate of drug-likeness (QED) is 0.817. The molecule has 0 radical (unpaired) electrons. The molecule has 1 aromatic carbocycles. The van der Waals surface area contributed by atoms with E-state index >= 15 is 0 Å². The van der Waals surface area contributed by atoms with Crippen LogP contribution in [0.4, 0.5) is 0 Å². The van der Waals surface area contributed by atoms with Crippen molar-refractivity contribution < 1.29 is 10.2 Å². The summed E-state index contributed by atoms with van der Waals surface area (Å²) in [4.78, 5) is 2.32. The van der Waals surface area contributed by atoms with Crippen LogP contribution < -0.4 is 0 Å². The summed E-state index contributed by atoms with van der Waals surface area (Å²) in [6.07, 6.45) is 9.51. The predicted octanol–water partition coefficient (Wildman–Crippen LogP) is 2.93. The van der Waals surface area contributed by atoms with Crippen LogP contribution in [-0.2, 0) is 5.60 Å². The summed E-state index contributed by atoms with van der Waals surface area (Å²) in [5.74, 6) is 1.50. The van der Waals surface area contributed by atoms with E-state index in [2.05, 4.69) is 29.2 Å². The van der Waals surface area contributed by atoms with Crippen molar-refractivity contribution in [2.45, 2.75) is 43.8 Å². The van der Waals surface area contributed by atoms with Gasteiger partial charge in [-0.15, -0.1) is 0 Å². The summed E-state index contributed by atoms with van der Waals surface area (Å²) in [7, 11) is 0. The third-order valence-electron chi connectivity index (χ3n) is 6.46. The van der Waals surface area contributed by atoms with E-state index in [-0.39, 0.29) is 6.10 Å². The maximum atomic E-state index is 11.8. The molecule has 0 spiro atoms. The zero-order chi connectivity index (χ0) is 16.6. The number of allylic oxidation sites excluding steroid dienone is 2. The van der Waals surface area contributed by atoms with Crippen LogP contribution in [-0.4, -0.2) is 40.9 Å². The molecule has 2 fully saturated rings. The Kier molecular flexibility index (Phi) is 4.50. The van der Waals surface area contributed by atoms with E-state index in [1.54, 1.807) is 0 Å². The van der Waals surface area contributed by atoms with Crippen molar-refractivity contribution in [1.29, 1.82) is 0 Å². The van der Waals surface area contributed by atoms with Crippen LogP contribution >= 0.6 is 0 Å². The average molecular weight is 327 g/mol. The van der Waals surface area contributed by atoms with E-state index in [9.17, 15) is 10.2 Å². The van der Waals surface area contributed by atoms with Gasteiger partial charge in [0.15, 0.2) is 0 Å². The summed E-state index contributed by atoms with van der Waals surface area (Å²) in [6.45, 7) is 2.65. The highest BCUT2D eigenvalue weighted by Gasteiger charge is 2.48. The highest BCUT2D eigenvalue weighted by molar-refractivity contribution is 5.27. The zero-order valence-electron chi connectivity index (χ0n) is 14.3. The predicted molar refractivity (Wildman–Crippen MR) is 95.5 cm³/mol. The van der Waals surface area contributed by atoms with Gasteiger partial charge >= 0.3 is 0 Å². The second-order valence-electron chi connectivity index (χ2n) is 8.02. The molecule has 0 aromatic heterocycles. The number of piperidine rings is 1. The van der Waals surface area contributed by atoms with Crippen molar-refractivity contribution in [3.05, 3.63) is 48.0 Å². The summed E-state index contributed by atoms with van der Waals surface area (Å²) in [6, 6.07) is 10.3. The molecule has 4 rings (SSSR count). The first-order valence-electron chi connectivity index (χ1n) is 9.52. The molecule has 5 unspecified atom stereocenters. The first-order chi connectivity index (χ1) is 11.6. The molecule has 0 amide bonds. The monoisotopic (exact) mass is 327 g/mol. The van der Waals surface area contributed by atoms with Crippen LogP contribution in [0.3, 0.4) is 0 Å². The number of rotatable bonds is 5. The molecule has 2 N–H and O–H groups in total. The fourth-order valence-corrected chi connectivity index (χ4v) is 5.16. The molecule has 3 aliphatic rings. The molecule has 3 heteroatoms. The average Bonchev–Trinajstić information content (AvgIpc) is 3.24. The lowest BCUT2D eigenvalue weighted by atomic mass is 9.72. The number of fused-ring (bicyclic) bond motifs is 2. The van der Waals surface area contributed by atoms with Gasteiger partial charge in [0.1, 0.15) is 0 Å². The normalized spacial score (nSPS) is 35.2. The van der Waals surface area contributed by atoms with Crippen molar-refractivity contribution in [2.24, 2.45) is 17.8 Å². The van der Waals surface area contributed by atoms with Gasteiger partial charge < -0.3 is 15.1 Å². The van der Waals surface area contributed by atoms with Crippen LogP contribution in [0.5, 0.6) is 0 Å². The zero-order valence-corrected chi connectivity index (χ0v) is 14.3. The fraction of sp³-hybridized carbons (Fsp3) is 0.619. The van der Waals surface area contributed by atoms with Gasteiger partial charge in [-0.2, -0.15) is 0 Å². The molecule has 1 saturated carbocycles. The van der Waals surface area contributed by atoms with Crippen LogP contribution in [0.2, 0.25) is 0 Å². The molecule has 5 atom stereocenters. The number of hydrogen-bond donors (Lipinski definition) is 2. The largest absolute Gasteiger partial charge is 0.392 e. The Bertz CT molecular complexity index is 587. The number of β-amino-alcohol motifs (C(OH)–C–C–N with tert-alkyl or cyclic N) is 1. The summed E-state index contributed by atoms with van der Waals surface area (Å²) in [5, 5.41) is 21.7. The molecule has 1 aliphatic heterocycles. The third kappa shape index (κ3) is 3.05. The van der Waals surface area contributed by atoms with Crippen molar-refractivity contribution >= 4 is 0 Å². The van der Waals surface area contributed by atoms with Gasteiger partial charge in [0.2, 0.25) is 0 Å². The van der Waals surface area contributed by atoms with Gasteiger partial charge in [0, 0.05) is 13.1 Å². The Labute approximate surface area is 145 Å². The standard InChI is InChI=1S/C21H29NO2/c23-19-7-4-11-22(15-19)12-10-21(24,18-5-2-1-3-6-18)20-14-16-8-9-17(20)13-16/h1-3,5-6,8-9,16-17,19-20,23-24H,4,7,10-15H2. The van der Waals surface area contributed by atoms with E-state index in [0.717, 1.165) is 50.9 Å². The maximum Gasteiger partial charge on any atom is 0.0942 e. The molecule has 1 saturated heterocycles. The molecule has 1 aromatic rings. The molecular weight excluding hydrogens is 298 g/mol. The minimum absolute atomic E-state index is 0.200. The van der Waals surface area contributed by atoms with Gasteiger partial charge in [-0.05, 0) is 62.0 Å². The molecule has 130 valence electrons. The Morgan fingerprint density at radius 3 is 2.62 bits per heavy atom. The van der Waals surface area contributed by atoms with Crippen LogP contribution in [0.1, 0.15) is 37.7 Å². The molecular formula is C21H29NO2. The lowest BCUT2D eigenvalue weighted by Gasteiger charge is -2.40. The highest BCUT2D eigenvalue weighted by atomic mass is 16.3. The third-order valence-corrected chi connectivity index (χ3v) is 6.46. The fourth-order valence-electron chi connectivity index (χ4n) is 5.16. The van der Waals surface area contributed by atoms with Crippen LogP contribution in [0.25, 0.3) is 0 Å². The van der Waals surface area contributed by atoms with Gasteiger partial charge in [-0.25, -0.2) is 0 Å². The summed E-state index contributed by atoms with van der Waals surface area (Å²) >= 11 is 0. The number of likely N-dealkylation sites (tertiary alicyclic amines) is 1. The van der Waals surface area contributed by atoms with Crippen molar-refractivity contribution in [2.75, 3.05) is 19.6 Å². The first-order valence-corrected chi connectivity index (χ1v) is 9.52. The van der Waals surface area contributed by atoms with Crippen molar-refractivity contribution in [3.8, 4) is 0 Å². The maximum absolute atomic E-state index is 11.8. The van der Waals surface area contributed by atoms with Gasteiger partial charge in [-0.3, -0.25) is 0 Å². The Morgan fingerprint density at radius 1 is 1.12 bits per heavy atom. The first kappa shape index (κ1) is 16.3. The van der Waals surface area contributed by atoms with Gasteiger partial charge in [0.25, 0.3) is 0 Å². The van der Waals surface area contributed by atoms with Crippen LogP contribution in [0, 0.1) is 17.8 Å². The van der Waals surface area contributed by atoms with E-state index in [1.807, 2.05) is 18.2 Å². The Balaban J connectivity index is 1.53. The molecule has 2 aliphatic carbocycles. The van der Waals surface area contributed by atoms with E-state index < -0.39 is 5.60 Å². The van der Waals surface area contributed by atoms with Gasteiger partial charge in [0.05, 0.1) is 11.7 Å². The van der Waals surface area contributed by atoms with E-state index in [4.69, 9.17) is 0 Å².